The van der Waals surface area contributed by atoms with Crippen LogP contribution in [0.2, 0.25) is 0 Å². The largest absolute Gasteiger partial charge is 0.387 e. The Morgan fingerprint density at radius 1 is 1.77 bits per heavy atom. The highest BCUT2D eigenvalue weighted by Crippen LogP contribution is 2.32. The van der Waals surface area contributed by atoms with Crippen LogP contribution in [0.15, 0.2) is 28.1 Å². The molecule has 1 aromatic heterocycles. The van der Waals surface area contributed by atoms with Crippen molar-refractivity contribution in [3.63, 3.8) is 0 Å². The molecule has 0 saturated carbocycles. The minimum atomic E-state index is -0.401. The van der Waals surface area contributed by atoms with E-state index in [1.165, 1.54) is 0 Å². The van der Waals surface area contributed by atoms with E-state index in [0.717, 1.165) is 21.3 Å². The molecule has 1 aromatic rings. The van der Waals surface area contributed by atoms with Crippen LogP contribution in [0.5, 0.6) is 0 Å². The highest BCUT2D eigenvalue weighted by Gasteiger charge is 2.12. The van der Waals surface area contributed by atoms with E-state index < -0.39 is 6.10 Å². The van der Waals surface area contributed by atoms with E-state index in [1.54, 1.807) is 11.3 Å². The Balaban J connectivity index is 2.63. The third-order valence-electron chi connectivity index (χ3n) is 1.93. The van der Waals surface area contributed by atoms with Crippen molar-refractivity contribution in [1.82, 2.24) is 0 Å². The first kappa shape index (κ1) is 11.0. The monoisotopic (exact) mass is 260 g/mol. The van der Waals surface area contributed by atoms with Crippen LogP contribution in [-0.4, -0.2) is 5.11 Å². The van der Waals surface area contributed by atoms with Gasteiger partial charge in [0, 0.05) is 9.35 Å². The van der Waals surface area contributed by atoms with Gasteiger partial charge in [-0.2, -0.15) is 0 Å². The fourth-order valence-electron chi connectivity index (χ4n) is 1.05. The second-order valence-corrected chi connectivity index (χ2v) is 4.76. The summed E-state index contributed by atoms with van der Waals surface area (Å²) in [5, 5.41) is 11.8. The van der Waals surface area contributed by atoms with Crippen molar-refractivity contribution >= 4 is 27.3 Å². The second-order valence-electron chi connectivity index (χ2n) is 2.96. The Morgan fingerprint density at radius 2 is 2.46 bits per heavy atom. The number of halogens is 1. The minimum absolute atomic E-state index is 0.401. The summed E-state index contributed by atoms with van der Waals surface area (Å²) < 4.78 is 0.994. The van der Waals surface area contributed by atoms with Crippen molar-refractivity contribution in [2.75, 3.05) is 0 Å². The first-order chi connectivity index (χ1) is 6.15. The first-order valence-electron chi connectivity index (χ1n) is 4.22. The molecular weight excluding hydrogens is 248 g/mol. The Labute approximate surface area is 91.2 Å². The van der Waals surface area contributed by atoms with Crippen LogP contribution < -0.4 is 0 Å². The van der Waals surface area contributed by atoms with E-state index in [-0.39, 0.29) is 0 Å². The smallest absolute Gasteiger partial charge is 0.0930 e. The van der Waals surface area contributed by atoms with Crippen LogP contribution in [0.25, 0.3) is 0 Å². The van der Waals surface area contributed by atoms with Gasteiger partial charge in [-0.3, -0.25) is 0 Å². The first-order valence-corrected chi connectivity index (χ1v) is 5.90. The van der Waals surface area contributed by atoms with Gasteiger partial charge in [-0.1, -0.05) is 19.1 Å². The molecule has 0 spiro atoms. The number of hydrogen-bond donors (Lipinski definition) is 1. The van der Waals surface area contributed by atoms with Gasteiger partial charge in [-0.15, -0.1) is 11.3 Å². The van der Waals surface area contributed by atoms with Gasteiger partial charge in [0.25, 0.3) is 0 Å². The highest BCUT2D eigenvalue weighted by atomic mass is 79.9. The quantitative estimate of drug-likeness (QED) is 0.815. The number of aliphatic hydroxyl groups is 1. The molecule has 1 unspecified atom stereocenters. The van der Waals surface area contributed by atoms with Crippen LogP contribution in [0, 0.1) is 0 Å². The van der Waals surface area contributed by atoms with Crippen LogP contribution >= 0.6 is 27.3 Å². The van der Waals surface area contributed by atoms with E-state index in [2.05, 4.69) is 29.4 Å². The van der Waals surface area contributed by atoms with Crippen LogP contribution in [0.1, 0.15) is 30.7 Å². The molecule has 0 bridgehead atoms. The molecule has 72 valence electrons. The average molecular weight is 261 g/mol. The van der Waals surface area contributed by atoms with Gasteiger partial charge in [-0.25, -0.2) is 0 Å². The zero-order valence-electron chi connectivity index (χ0n) is 7.59. The fraction of sp³-hybridized carbons (Fsp3) is 0.400. The summed E-state index contributed by atoms with van der Waals surface area (Å²) in [5.41, 5.74) is 1.09. The second kappa shape index (κ2) is 4.94. The van der Waals surface area contributed by atoms with E-state index in [4.69, 9.17) is 0 Å². The van der Waals surface area contributed by atoms with Gasteiger partial charge in [-0.05, 0) is 40.2 Å². The third kappa shape index (κ3) is 2.93. The van der Waals surface area contributed by atoms with Gasteiger partial charge in [0.2, 0.25) is 0 Å². The standard InChI is InChI=1S/C10H13BrOS/c1-3-7(2)6-9(12)10-8(11)4-5-13-10/h4-5,9,12H,2-3,6H2,1H3. The van der Waals surface area contributed by atoms with Crippen molar-refractivity contribution in [2.24, 2.45) is 0 Å². The maximum Gasteiger partial charge on any atom is 0.0930 e. The Kier molecular flexibility index (Phi) is 4.16. The summed E-state index contributed by atoms with van der Waals surface area (Å²) in [4.78, 5) is 0.995. The number of rotatable bonds is 4. The van der Waals surface area contributed by atoms with Crippen LogP contribution in [0.4, 0.5) is 0 Å². The fourth-order valence-corrected chi connectivity index (χ4v) is 2.68. The van der Waals surface area contributed by atoms with Crippen LogP contribution in [0.3, 0.4) is 0 Å². The molecule has 13 heavy (non-hydrogen) atoms. The summed E-state index contributed by atoms with van der Waals surface area (Å²) in [5.74, 6) is 0. The molecule has 0 amide bonds. The lowest BCUT2D eigenvalue weighted by Crippen LogP contribution is -1.96. The molecule has 0 fully saturated rings. The molecule has 1 heterocycles. The summed E-state index contributed by atoms with van der Waals surface area (Å²) >= 11 is 4.97. The number of hydrogen-bond acceptors (Lipinski definition) is 2. The Morgan fingerprint density at radius 3 is 2.92 bits per heavy atom. The zero-order chi connectivity index (χ0) is 9.84. The molecule has 1 nitrogen and oxygen atoms in total. The predicted octanol–water partition coefficient (Wildman–Crippen LogP) is 3.90. The molecule has 0 aliphatic carbocycles. The topological polar surface area (TPSA) is 20.2 Å². The molecule has 0 aliphatic rings. The van der Waals surface area contributed by atoms with Crippen molar-refractivity contribution in [2.45, 2.75) is 25.9 Å². The summed E-state index contributed by atoms with van der Waals surface area (Å²) in [6.07, 6.45) is 1.19. The van der Waals surface area contributed by atoms with E-state index in [0.29, 0.717) is 6.42 Å². The molecule has 0 aliphatic heterocycles. The molecular formula is C10H13BrOS. The lowest BCUT2D eigenvalue weighted by molar-refractivity contribution is 0.180. The normalized spacial score (nSPS) is 12.8. The maximum atomic E-state index is 9.81. The van der Waals surface area contributed by atoms with Gasteiger partial charge >= 0.3 is 0 Å². The van der Waals surface area contributed by atoms with Gasteiger partial charge in [0.05, 0.1) is 6.10 Å². The van der Waals surface area contributed by atoms with Crippen molar-refractivity contribution in [1.29, 1.82) is 0 Å². The number of aliphatic hydroxyl groups excluding tert-OH is 1. The molecule has 1 N–H and O–H groups in total. The number of thiophene rings is 1. The predicted molar refractivity (Wildman–Crippen MR) is 61.0 cm³/mol. The molecule has 0 saturated heterocycles. The van der Waals surface area contributed by atoms with Crippen LogP contribution in [-0.2, 0) is 0 Å². The summed E-state index contributed by atoms with van der Waals surface area (Å²) in [6.45, 7) is 5.94. The highest BCUT2D eigenvalue weighted by molar-refractivity contribution is 9.10. The summed E-state index contributed by atoms with van der Waals surface area (Å²) in [7, 11) is 0. The Bertz CT molecular complexity index is 293. The Hall–Kier alpha value is -0.120. The molecule has 3 heteroatoms. The van der Waals surface area contributed by atoms with Gasteiger partial charge in [0.1, 0.15) is 0 Å². The lowest BCUT2D eigenvalue weighted by Gasteiger charge is -2.10. The zero-order valence-corrected chi connectivity index (χ0v) is 9.99. The van der Waals surface area contributed by atoms with E-state index in [1.807, 2.05) is 11.4 Å². The summed E-state index contributed by atoms with van der Waals surface area (Å²) in [6, 6.07) is 1.96. The third-order valence-corrected chi connectivity index (χ3v) is 3.90. The maximum absolute atomic E-state index is 9.81. The van der Waals surface area contributed by atoms with Crippen molar-refractivity contribution in [3.05, 3.63) is 32.9 Å². The molecule has 0 aromatic carbocycles. The molecule has 0 radical (unpaired) electrons. The SMILES string of the molecule is C=C(CC)CC(O)c1sccc1Br. The van der Waals surface area contributed by atoms with Gasteiger partial charge in [0.15, 0.2) is 0 Å². The average Bonchev–Trinajstić information content (AvgIpc) is 2.51. The molecule has 1 atom stereocenters. The van der Waals surface area contributed by atoms with Crippen molar-refractivity contribution < 1.29 is 5.11 Å². The van der Waals surface area contributed by atoms with E-state index in [9.17, 15) is 5.11 Å². The van der Waals surface area contributed by atoms with Gasteiger partial charge < -0.3 is 5.11 Å². The van der Waals surface area contributed by atoms with Crippen molar-refractivity contribution in [3.8, 4) is 0 Å². The molecule has 1 rings (SSSR count). The minimum Gasteiger partial charge on any atom is -0.387 e. The van der Waals surface area contributed by atoms with E-state index >= 15 is 0 Å². The lowest BCUT2D eigenvalue weighted by atomic mass is 10.1.